The fourth-order valence-electron chi connectivity index (χ4n) is 3.72. The first-order chi connectivity index (χ1) is 15.3. The molecule has 0 saturated heterocycles. The Labute approximate surface area is 192 Å². The number of nitrogens with one attached hydrogen (secondary N) is 2. The molecule has 4 aromatic rings. The number of amides is 2. The Morgan fingerprint density at radius 2 is 1.34 bits per heavy atom. The molecule has 0 saturated carbocycles. The summed E-state index contributed by atoms with van der Waals surface area (Å²) in [5.74, 6) is -0.656. The summed E-state index contributed by atoms with van der Waals surface area (Å²) in [6.45, 7) is 5.65. The van der Waals surface area contributed by atoms with Gasteiger partial charge in [-0.3, -0.25) is 9.59 Å². The van der Waals surface area contributed by atoms with Crippen molar-refractivity contribution in [2.24, 2.45) is 5.41 Å². The van der Waals surface area contributed by atoms with Crippen LogP contribution in [0.3, 0.4) is 0 Å². The van der Waals surface area contributed by atoms with Crippen LogP contribution in [0, 0.1) is 19.3 Å². The lowest BCUT2D eigenvalue weighted by Gasteiger charge is -2.27. The topological polar surface area (TPSA) is 58.2 Å². The smallest absolute Gasteiger partial charge is 0.240 e. The molecule has 2 amide bonds. The number of aryl methyl sites for hydroxylation is 2. The second-order valence-corrected chi connectivity index (χ2v) is 9.57. The zero-order valence-electron chi connectivity index (χ0n) is 18.4. The maximum Gasteiger partial charge on any atom is 0.240 e. The molecular formula is C27H26N2O2S. The third kappa shape index (κ3) is 4.73. The normalized spacial score (nSPS) is 11.3. The van der Waals surface area contributed by atoms with Gasteiger partial charge in [0.1, 0.15) is 5.41 Å². The largest absolute Gasteiger partial charge is 0.325 e. The molecule has 1 heterocycles. The molecule has 0 unspecified atom stereocenters. The van der Waals surface area contributed by atoms with Crippen molar-refractivity contribution >= 4 is 44.6 Å². The van der Waals surface area contributed by atoms with E-state index in [1.807, 2.05) is 80.6 Å². The van der Waals surface area contributed by atoms with Crippen molar-refractivity contribution in [3.63, 3.8) is 0 Å². The highest BCUT2D eigenvalue weighted by Gasteiger charge is 2.42. The highest BCUT2D eigenvalue weighted by atomic mass is 32.1. The van der Waals surface area contributed by atoms with Crippen LogP contribution in [0.15, 0.2) is 78.9 Å². The summed E-state index contributed by atoms with van der Waals surface area (Å²) >= 11 is 1.62. The van der Waals surface area contributed by atoms with Gasteiger partial charge in [0.05, 0.1) is 0 Å². The predicted octanol–water partition coefficient (Wildman–Crippen LogP) is 6.34. The molecular weight excluding hydrogens is 416 g/mol. The molecule has 5 heteroatoms. The van der Waals surface area contributed by atoms with Gasteiger partial charge in [-0.2, -0.15) is 0 Å². The lowest BCUT2D eigenvalue weighted by molar-refractivity contribution is -0.136. The highest BCUT2D eigenvalue weighted by Crippen LogP contribution is 2.33. The highest BCUT2D eigenvalue weighted by molar-refractivity contribution is 7.19. The molecule has 0 aliphatic carbocycles. The molecule has 0 spiro atoms. The molecule has 4 rings (SSSR count). The van der Waals surface area contributed by atoms with E-state index in [0.29, 0.717) is 17.8 Å². The van der Waals surface area contributed by atoms with Gasteiger partial charge < -0.3 is 10.6 Å². The Kier molecular flexibility index (Phi) is 6.10. The molecule has 2 N–H and O–H groups in total. The van der Waals surface area contributed by atoms with Gasteiger partial charge in [0, 0.05) is 27.4 Å². The average molecular weight is 443 g/mol. The van der Waals surface area contributed by atoms with Crippen molar-refractivity contribution < 1.29 is 9.59 Å². The van der Waals surface area contributed by atoms with Crippen LogP contribution in [-0.4, -0.2) is 11.8 Å². The van der Waals surface area contributed by atoms with Gasteiger partial charge in [0.15, 0.2) is 0 Å². The fourth-order valence-corrected chi connectivity index (χ4v) is 4.94. The van der Waals surface area contributed by atoms with E-state index >= 15 is 0 Å². The van der Waals surface area contributed by atoms with E-state index in [-0.39, 0.29) is 11.8 Å². The number of anilines is 2. The second-order valence-electron chi connectivity index (χ2n) is 8.41. The number of hydrogen-bond donors (Lipinski definition) is 2. The van der Waals surface area contributed by atoms with Crippen LogP contribution in [0.4, 0.5) is 11.4 Å². The first-order valence-electron chi connectivity index (χ1n) is 10.6. The first kappa shape index (κ1) is 21.8. The van der Waals surface area contributed by atoms with Gasteiger partial charge in [-0.1, -0.05) is 42.5 Å². The summed E-state index contributed by atoms with van der Waals surface area (Å²) in [6, 6.07) is 25.3. The minimum absolute atomic E-state index is 0.307. The van der Waals surface area contributed by atoms with Gasteiger partial charge in [-0.05, 0) is 73.7 Å². The van der Waals surface area contributed by atoms with E-state index in [0.717, 1.165) is 26.1 Å². The number of carbonyl (C=O) groups excluding carboxylic acids is 2. The number of rotatable bonds is 6. The van der Waals surface area contributed by atoms with E-state index in [1.54, 1.807) is 18.3 Å². The van der Waals surface area contributed by atoms with Crippen molar-refractivity contribution in [2.45, 2.75) is 27.2 Å². The minimum Gasteiger partial charge on any atom is -0.325 e. The molecule has 0 aliphatic heterocycles. The van der Waals surface area contributed by atoms with Gasteiger partial charge in [-0.15, -0.1) is 11.3 Å². The first-order valence-corrected chi connectivity index (χ1v) is 11.4. The Bertz CT molecular complexity index is 1200. The predicted molar refractivity (Wildman–Crippen MR) is 133 cm³/mol. The van der Waals surface area contributed by atoms with Crippen LogP contribution >= 0.6 is 11.3 Å². The number of hydrogen-bond acceptors (Lipinski definition) is 3. The average Bonchev–Trinajstić information content (AvgIpc) is 3.15. The lowest BCUT2D eigenvalue weighted by Crippen LogP contribution is -2.45. The molecule has 0 aliphatic rings. The Morgan fingerprint density at radius 3 is 1.88 bits per heavy atom. The van der Waals surface area contributed by atoms with Gasteiger partial charge >= 0.3 is 0 Å². The van der Waals surface area contributed by atoms with E-state index < -0.39 is 5.41 Å². The molecule has 0 atom stereocenters. The van der Waals surface area contributed by atoms with Crippen LogP contribution < -0.4 is 10.6 Å². The summed E-state index contributed by atoms with van der Waals surface area (Å²) in [4.78, 5) is 28.0. The monoisotopic (exact) mass is 442 g/mol. The Hall–Kier alpha value is -3.44. The summed E-state index contributed by atoms with van der Waals surface area (Å²) in [6.07, 6.45) is 0.307. The van der Waals surface area contributed by atoms with Crippen LogP contribution in [0.25, 0.3) is 10.1 Å². The molecule has 0 bridgehead atoms. The van der Waals surface area contributed by atoms with E-state index in [9.17, 15) is 9.59 Å². The maximum absolute atomic E-state index is 13.5. The van der Waals surface area contributed by atoms with Crippen LogP contribution in [0.2, 0.25) is 0 Å². The zero-order valence-corrected chi connectivity index (χ0v) is 19.3. The minimum atomic E-state index is -1.30. The maximum atomic E-state index is 13.5. The molecule has 0 fully saturated rings. The van der Waals surface area contributed by atoms with E-state index in [4.69, 9.17) is 0 Å². The van der Waals surface area contributed by atoms with Crippen molar-refractivity contribution in [1.29, 1.82) is 0 Å². The van der Waals surface area contributed by atoms with Gasteiger partial charge in [-0.25, -0.2) is 0 Å². The summed E-state index contributed by atoms with van der Waals surface area (Å²) in [5.41, 5.74) is 2.15. The number of benzene rings is 3. The number of fused-ring (bicyclic) bond motifs is 1. The number of carbonyl (C=O) groups is 2. The molecule has 32 heavy (non-hydrogen) atoms. The molecule has 4 nitrogen and oxygen atoms in total. The molecule has 3 aromatic carbocycles. The van der Waals surface area contributed by atoms with Crippen LogP contribution in [0.5, 0.6) is 0 Å². The third-order valence-electron chi connectivity index (χ3n) is 5.56. The fraction of sp³-hybridized carbons (Fsp3) is 0.185. The van der Waals surface area contributed by atoms with E-state index in [2.05, 4.69) is 22.8 Å². The Morgan fingerprint density at radius 1 is 0.781 bits per heavy atom. The van der Waals surface area contributed by atoms with Crippen molar-refractivity contribution in [3.05, 3.63) is 94.9 Å². The summed E-state index contributed by atoms with van der Waals surface area (Å²) in [7, 11) is 0. The van der Waals surface area contributed by atoms with Crippen LogP contribution in [-0.2, 0) is 16.0 Å². The standard InChI is InChI=1S/C27H26N2O2S/c1-18-8-6-11-21(14-18)28-25(30)27(3,26(31)29-22-12-7-9-19(2)15-22)17-23-16-20-10-4-5-13-24(20)32-23/h4-16H,17H2,1-3H3,(H,28,30)(H,29,31). The molecule has 1 aromatic heterocycles. The van der Waals surface area contributed by atoms with Crippen LogP contribution in [0.1, 0.15) is 22.9 Å². The summed E-state index contributed by atoms with van der Waals surface area (Å²) in [5, 5.41) is 7.04. The van der Waals surface area contributed by atoms with Crippen molar-refractivity contribution in [2.75, 3.05) is 10.6 Å². The molecule has 162 valence electrons. The quantitative estimate of drug-likeness (QED) is 0.342. The number of thiophene rings is 1. The molecule has 0 radical (unpaired) electrons. The lowest BCUT2D eigenvalue weighted by atomic mass is 9.83. The van der Waals surface area contributed by atoms with Crippen molar-refractivity contribution in [3.8, 4) is 0 Å². The second kappa shape index (κ2) is 8.97. The third-order valence-corrected chi connectivity index (χ3v) is 6.67. The van der Waals surface area contributed by atoms with Gasteiger partial charge in [0.25, 0.3) is 0 Å². The Balaban J connectivity index is 1.66. The zero-order chi connectivity index (χ0) is 22.7. The SMILES string of the molecule is Cc1cccc(NC(=O)C(C)(Cc2cc3ccccc3s2)C(=O)Nc2cccc(C)c2)c1. The van der Waals surface area contributed by atoms with E-state index in [1.165, 1.54) is 0 Å². The van der Waals surface area contributed by atoms with Gasteiger partial charge in [0.2, 0.25) is 11.8 Å². The summed E-state index contributed by atoms with van der Waals surface area (Å²) < 4.78 is 1.14. The van der Waals surface area contributed by atoms with Crippen molar-refractivity contribution in [1.82, 2.24) is 0 Å².